The maximum atomic E-state index is 17.8. The van der Waals surface area contributed by atoms with E-state index in [-0.39, 0.29) is 16.8 Å². The minimum Gasteiger partial charge on any atom is -0.357 e. The number of hydrogen-bond acceptors (Lipinski definition) is 6. The molecular weight excluding hydrogens is 2060 g/mol. The maximum absolute atomic E-state index is 17.8. The van der Waals surface area contributed by atoms with E-state index in [2.05, 4.69) is 0 Å². The Kier molecular flexibility index (Phi) is 23.2. The maximum Gasteiger partial charge on any atom is 2.00 e. The standard InChI is InChI=1S/C56F64N8.Co/c57-17-1-2(18(58)10(34(66,43(79,80)81)44(82,83)84)9(17)33(65,41(73,74)75)42(76,77)78)26-121-25(1)125-27-3-4(20(60)12(36(68,47(91,92)93)48(94,95)96)11(19(3)59)35(67,45(85,86)87)46(88,89)90)29(122-27)127-31-7-8(24(64)16(40(72,55(115,116)117)56(118,119)120)15(23(7)63)39(71,53(109,110)111)54(112,113)114)32(124-31)128-30-6-5(28(123-30)126-26)21(61)13(37(69,49(97,98)99)50(100,101)102)14(22(6)62)38(70,51(103,104)105)52(106,107)108;/q-2;+2. The predicted octanol–water partition coefficient (Wildman–Crippen LogP) is 25.6. The normalized spacial score (nSPS) is 15.4. The van der Waals surface area contributed by atoms with Gasteiger partial charge in [-0.25, -0.2) is 80.2 Å². The number of rotatable bonds is 8. The number of nitrogens with zero attached hydrogens (tertiary/aromatic N) is 8. The Balaban J connectivity index is 0.0000206. The van der Waals surface area contributed by atoms with E-state index < -0.39 is 325 Å². The zero-order chi connectivity index (χ0) is 100. The van der Waals surface area contributed by atoms with Crippen LogP contribution in [0, 0.1) is 46.5 Å². The Morgan fingerprint density at radius 2 is 0.233 bits per heavy atom. The summed E-state index contributed by atoms with van der Waals surface area (Å²) >= 11 is 0. The second-order valence-electron chi connectivity index (χ2n) is 25.2. The van der Waals surface area contributed by atoms with Crippen LogP contribution in [0.4, 0.5) is 281 Å². The molecule has 2 aliphatic heterocycles. The van der Waals surface area contributed by atoms with Crippen LogP contribution in [0.5, 0.6) is 0 Å². The van der Waals surface area contributed by atoms with Crippen LogP contribution in [0.2, 0.25) is 0 Å². The van der Waals surface area contributed by atoms with Gasteiger partial charge in [-0.05, 0) is 0 Å². The molecular formula is C56CoF64N8. The van der Waals surface area contributed by atoms with E-state index in [1.165, 1.54) is 0 Å². The molecule has 9 rings (SSSR count). The van der Waals surface area contributed by atoms with Crippen molar-refractivity contribution in [1.29, 1.82) is 0 Å². The molecule has 4 aromatic carbocycles. The van der Waals surface area contributed by atoms with E-state index in [0.717, 1.165) is 0 Å². The van der Waals surface area contributed by atoms with E-state index in [1.807, 2.05) is 39.9 Å². The molecule has 8 nitrogen and oxygen atoms in total. The molecule has 0 saturated carbocycles. The van der Waals surface area contributed by atoms with Gasteiger partial charge in [0.05, 0.1) is 90.1 Å². The molecule has 7 aromatic rings. The molecule has 0 spiro atoms. The van der Waals surface area contributed by atoms with Gasteiger partial charge in [0.2, 0.25) is 0 Å². The van der Waals surface area contributed by atoms with Crippen molar-refractivity contribution in [3.8, 4) is 45.6 Å². The molecule has 5 heterocycles. The predicted molar refractivity (Wildman–Crippen MR) is 273 cm³/mol. The molecule has 0 amide bonds. The van der Waals surface area contributed by atoms with Crippen LogP contribution in [0.15, 0.2) is 0 Å². The number of hydrogen-bond donors (Lipinski definition) is 0. The molecule has 0 N–H and O–H groups in total. The molecule has 1 radical (unpaired) electrons. The van der Waals surface area contributed by atoms with Gasteiger partial charge in [-0.1, -0.05) is 0 Å². The number of alkyl halides is 56. The van der Waals surface area contributed by atoms with Crippen LogP contribution < -0.4 is 9.97 Å². The average molecular weight is 2060 g/mol. The fraction of sp³-hybridized carbons (Fsp3) is 0.429. The van der Waals surface area contributed by atoms with Gasteiger partial charge in [0.1, 0.15) is 46.5 Å². The third-order valence-corrected chi connectivity index (χ3v) is 18.0. The molecule has 73 heteroatoms. The first kappa shape index (κ1) is 105. The number of halogens is 64. The number of benzene rings is 4. The summed E-state index contributed by atoms with van der Waals surface area (Å²) in [5.74, 6) is -61.7. The largest absolute Gasteiger partial charge is 2.00 e. The van der Waals surface area contributed by atoms with Crippen LogP contribution >= 0.6 is 0 Å². The third-order valence-electron chi connectivity index (χ3n) is 18.0. The van der Waals surface area contributed by atoms with E-state index in [4.69, 9.17) is 0 Å². The molecule has 0 atom stereocenters. The van der Waals surface area contributed by atoms with Crippen LogP contribution in [0.1, 0.15) is 44.5 Å². The van der Waals surface area contributed by atoms with Crippen LogP contribution in [-0.4, -0.2) is 129 Å². The zero-order valence-electron chi connectivity index (χ0n) is 56.1. The first-order chi connectivity index (χ1) is 56.1. The van der Waals surface area contributed by atoms with Crippen molar-refractivity contribution in [2.75, 3.05) is 0 Å². The smallest absolute Gasteiger partial charge is 0.357 e. The Hall–Kier alpha value is -9.73. The van der Waals surface area contributed by atoms with E-state index in [1.54, 1.807) is 0 Å². The molecule has 2 aliphatic rings. The van der Waals surface area contributed by atoms with E-state index in [9.17, 15) is 211 Å². The monoisotopic (exact) mass is 2060 g/mol. The van der Waals surface area contributed by atoms with Crippen LogP contribution in [0.3, 0.4) is 0 Å². The molecule has 0 aliphatic carbocycles. The first-order valence-electron chi connectivity index (χ1n) is 29.7. The molecule has 129 heavy (non-hydrogen) atoms. The molecule has 3 aromatic heterocycles. The number of fused-ring (bicyclic) bond motifs is 20. The number of aromatic nitrogens is 8. The summed E-state index contributed by atoms with van der Waals surface area (Å²) in [5.41, 5.74) is -158. The fourth-order valence-corrected chi connectivity index (χ4v) is 12.5. The molecule has 0 unspecified atom stereocenters. The molecule has 0 saturated heterocycles. The fourth-order valence-electron chi connectivity index (χ4n) is 12.5. The van der Waals surface area contributed by atoms with Gasteiger partial charge in [-0.3, -0.25) is 0 Å². The Morgan fingerprint density at radius 3 is 0.326 bits per heavy atom. The summed E-state index contributed by atoms with van der Waals surface area (Å²) in [4.78, 5) is 14.9. The minimum atomic E-state index is -9.24. The van der Waals surface area contributed by atoms with E-state index in [0.29, 0.717) is 0 Å². The summed E-state index contributed by atoms with van der Waals surface area (Å²) in [6.45, 7) is 0. The van der Waals surface area contributed by atoms with Crippen molar-refractivity contribution in [3.63, 3.8) is 0 Å². The van der Waals surface area contributed by atoms with Crippen molar-refractivity contribution in [2.24, 2.45) is 0 Å². The molecule has 8 bridgehead atoms. The van der Waals surface area contributed by atoms with Gasteiger partial charge in [-0.2, -0.15) is 211 Å². The molecule has 0 fully saturated rings. The second kappa shape index (κ2) is 28.6. The minimum absolute atomic E-state index is 0. The summed E-state index contributed by atoms with van der Waals surface area (Å²) in [5, 5.41) is -18.1. The summed E-state index contributed by atoms with van der Waals surface area (Å²) in [6, 6.07) is 0. The van der Waals surface area contributed by atoms with Crippen molar-refractivity contribution < 1.29 is 298 Å². The Morgan fingerprint density at radius 1 is 0.140 bits per heavy atom. The molecule has 721 valence electrons. The van der Waals surface area contributed by atoms with Gasteiger partial charge in [0, 0.05) is 44.1 Å². The van der Waals surface area contributed by atoms with Gasteiger partial charge in [0.15, 0.2) is 0 Å². The quantitative estimate of drug-likeness (QED) is 0.139. The summed E-state index contributed by atoms with van der Waals surface area (Å²) in [7, 11) is 0. The van der Waals surface area contributed by atoms with Gasteiger partial charge in [0.25, 0.3) is 0 Å². The Bertz CT molecular complexity index is 5100. The Labute approximate surface area is 662 Å². The van der Waals surface area contributed by atoms with Crippen molar-refractivity contribution in [2.45, 2.75) is 144 Å². The third kappa shape index (κ3) is 13.6. The average Bonchev–Trinajstić information content (AvgIpc) is 1.59. The van der Waals surface area contributed by atoms with Crippen molar-refractivity contribution >= 4 is 44.1 Å². The van der Waals surface area contributed by atoms with Crippen LogP contribution in [-0.2, 0) is 62.1 Å². The van der Waals surface area contributed by atoms with Gasteiger partial charge in [-0.15, -0.1) is 0 Å². The second-order valence-corrected chi connectivity index (χ2v) is 25.2. The summed E-state index contributed by atoms with van der Waals surface area (Å²) in [6.07, 6.45) is -146. The SMILES string of the molecule is Fc1c2c(c(F)c(C(F)(C(F)(F)F)C(F)(F)F)c1C(F)(C(F)(F)F)C(F)(F)F)-c1nc-2nc2[n-]c(nc3nc(nc4[n-]c(n1)c1c(F)c(C(F)(C(F)(F)F)C(F)(F)F)c(C(F)(C(F)(F)F)C(F)(F)F)c(F)c41)-c1c(F)c(C(F)(C(F)(F)F)C(F)(F)F)c(C(F)(C(F)(F)F)C(F)(F)F)c(F)c1-3)c1c(F)c(C(F)(C(F)(F)F)C(F)(F)F)c(C(F)(C(F)(F)F)C(F)(F)F)c(F)c21.[Co+2]. The van der Waals surface area contributed by atoms with Crippen molar-refractivity contribution in [1.82, 2.24) is 39.9 Å². The summed E-state index contributed by atoms with van der Waals surface area (Å²) < 4.78 is 988. The van der Waals surface area contributed by atoms with Gasteiger partial charge >= 0.3 is 161 Å². The topological polar surface area (TPSA) is 106 Å². The first-order valence-corrected chi connectivity index (χ1v) is 29.7. The zero-order valence-corrected chi connectivity index (χ0v) is 57.1. The van der Waals surface area contributed by atoms with Gasteiger partial charge < -0.3 is 29.9 Å². The van der Waals surface area contributed by atoms with Crippen molar-refractivity contribution in [3.05, 3.63) is 91.0 Å². The van der Waals surface area contributed by atoms with E-state index >= 15 is 70.2 Å². The van der Waals surface area contributed by atoms with Crippen LogP contribution in [0.25, 0.3) is 89.7 Å².